The van der Waals surface area contributed by atoms with E-state index >= 15 is 0 Å². The van der Waals surface area contributed by atoms with Gasteiger partial charge in [0.2, 0.25) is 10.0 Å². The van der Waals surface area contributed by atoms with E-state index in [4.69, 9.17) is 10.4 Å². The van der Waals surface area contributed by atoms with Gasteiger partial charge in [0.15, 0.2) is 0 Å². The highest BCUT2D eigenvalue weighted by atomic mass is 32.2. The van der Waals surface area contributed by atoms with Crippen molar-refractivity contribution in [2.75, 3.05) is 13.2 Å². The van der Waals surface area contributed by atoms with Gasteiger partial charge in [-0.05, 0) is 24.0 Å². The van der Waals surface area contributed by atoms with Crippen LogP contribution >= 0.6 is 0 Å². The van der Waals surface area contributed by atoms with Crippen molar-refractivity contribution in [1.29, 1.82) is 5.26 Å². The molecule has 0 unspecified atom stereocenters. The number of nitriles is 1. The van der Waals surface area contributed by atoms with E-state index in [1.807, 2.05) is 19.9 Å². The normalized spacial score (nSPS) is 12.1. The fraction of sp³-hybridized carbons (Fsp3) is 0.500. The number of hydrogen-bond donors (Lipinski definition) is 2. The van der Waals surface area contributed by atoms with Crippen LogP contribution in [-0.4, -0.2) is 31.7 Å². The van der Waals surface area contributed by atoms with E-state index in [1.165, 1.54) is 12.1 Å². The summed E-state index contributed by atoms with van der Waals surface area (Å²) in [5.74, 6) is 0. The number of rotatable bonds is 6. The van der Waals surface area contributed by atoms with E-state index in [9.17, 15) is 8.42 Å². The number of hydrogen-bond acceptors (Lipinski definition) is 5. The van der Waals surface area contributed by atoms with Crippen molar-refractivity contribution in [3.05, 3.63) is 24.0 Å². The summed E-state index contributed by atoms with van der Waals surface area (Å²) in [7, 11) is -3.64. The standard InChI is InChI=1S/C12H17N3O3S/c1-12(2,5-6-16)9-15-19(17,18)11-4-3-10(7-13)14-8-11/h3-4,8,15-16H,5-6,9H2,1-2H3. The van der Waals surface area contributed by atoms with E-state index < -0.39 is 10.0 Å². The second-order valence-corrected chi connectivity index (χ2v) is 6.72. The minimum absolute atomic E-state index is 0.00709. The summed E-state index contributed by atoms with van der Waals surface area (Å²) in [6.07, 6.45) is 1.65. The van der Waals surface area contributed by atoms with Crippen LogP contribution in [0.4, 0.5) is 0 Å². The largest absolute Gasteiger partial charge is 0.396 e. The minimum atomic E-state index is -3.64. The van der Waals surface area contributed by atoms with Crippen LogP contribution in [0.25, 0.3) is 0 Å². The molecule has 1 aromatic rings. The van der Waals surface area contributed by atoms with Gasteiger partial charge in [0, 0.05) is 19.3 Å². The molecule has 6 nitrogen and oxygen atoms in total. The third-order valence-corrected chi connectivity index (χ3v) is 4.08. The molecule has 1 rings (SSSR count). The van der Waals surface area contributed by atoms with Crippen LogP contribution in [0, 0.1) is 16.7 Å². The van der Waals surface area contributed by atoms with Crippen LogP contribution in [0.2, 0.25) is 0 Å². The molecule has 1 aromatic heterocycles. The zero-order valence-electron chi connectivity index (χ0n) is 10.9. The fourth-order valence-electron chi connectivity index (χ4n) is 1.37. The summed E-state index contributed by atoms with van der Waals surface area (Å²) in [6, 6.07) is 4.52. The summed E-state index contributed by atoms with van der Waals surface area (Å²) in [6.45, 7) is 3.95. The first-order valence-corrected chi connectivity index (χ1v) is 7.26. The van der Waals surface area contributed by atoms with E-state index in [0.29, 0.717) is 6.42 Å². The van der Waals surface area contributed by atoms with Gasteiger partial charge in [-0.15, -0.1) is 0 Å². The molecule has 104 valence electrons. The molecule has 1 heterocycles. The first kappa shape index (κ1) is 15.6. The van der Waals surface area contributed by atoms with Gasteiger partial charge in [-0.25, -0.2) is 18.1 Å². The highest BCUT2D eigenvalue weighted by molar-refractivity contribution is 7.89. The Morgan fingerprint density at radius 3 is 2.63 bits per heavy atom. The molecule has 2 N–H and O–H groups in total. The number of nitrogens with zero attached hydrogens (tertiary/aromatic N) is 2. The van der Waals surface area contributed by atoms with Crippen LogP contribution in [0.3, 0.4) is 0 Å². The van der Waals surface area contributed by atoms with Crippen LogP contribution in [0.1, 0.15) is 26.0 Å². The SMILES string of the molecule is CC(C)(CCO)CNS(=O)(=O)c1ccc(C#N)nc1. The molecule has 0 aliphatic heterocycles. The number of aliphatic hydroxyl groups is 1. The van der Waals surface area contributed by atoms with Gasteiger partial charge < -0.3 is 5.11 Å². The molecule has 0 saturated heterocycles. The average Bonchev–Trinajstić information content (AvgIpc) is 2.37. The van der Waals surface area contributed by atoms with Crippen molar-refractivity contribution in [1.82, 2.24) is 9.71 Å². The maximum Gasteiger partial charge on any atom is 0.242 e. The van der Waals surface area contributed by atoms with Crippen LogP contribution in [-0.2, 0) is 10.0 Å². The molecule has 0 fully saturated rings. The first-order valence-electron chi connectivity index (χ1n) is 5.77. The van der Waals surface area contributed by atoms with Crippen molar-refractivity contribution in [2.45, 2.75) is 25.2 Å². The Balaban J connectivity index is 2.79. The number of pyridine rings is 1. The Hall–Kier alpha value is -1.49. The molecule has 0 amide bonds. The molecule has 0 aliphatic rings. The third kappa shape index (κ3) is 4.59. The third-order valence-electron chi connectivity index (χ3n) is 2.69. The predicted octanol–water partition coefficient (Wildman–Crippen LogP) is 0.640. The van der Waals surface area contributed by atoms with Crippen molar-refractivity contribution < 1.29 is 13.5 Å². The molecule has 0 saturated carbocycles. The van der Waals surface area contributed by atoms with Crippen molar-refractivity contribution >= 4 is 10.0 Å². The van der Waals surface area contributed by atoms with Gasteiger partial charge in [-0.2, -0.15) is 5.26 Å². The van der Waals surface area contributed by atoms with Crippen molar-refractivity contribution in [2.24, 2.45) is 5.41 Å². The van der Waals surface area contributed by atoms with Crippen molar-refractivity contribution in [3.63, 3.8) is 0 Å². The van der Waals surface area contributed by atoms with E-state index in [1.54, 1.807) is 0 Å². The van der Waals surface area contributed by atoms with Gasteiger partial charge in [-0.1, -0.05) is 13.8 Å². The van der Waals surface area contributed by atoms with Crippen molar-refractivity contribution in [3.8, 4) is 6.07 Å². The monoisotopic (exact) mass is 283 g/mol. The number of aromatic nitrogens is 1. The van der Waals surface area contributed by atoms with Gasteiger partial charge in [-0.3, -0.25) is 0 Å². The van der Waals surface area contributed by atoms with Gasteiger partial charge in [0.25, 0.3) is 0 Å². The summed E-state index contributed by atoms with van der Waals surface area (Å²) in [5, 5.41) is 17.5. The second kappa shape index (κ2) is 6.10. The lowest BCUT2D eigenvalue weighted by Gasteiger charge is -2.23. The molecular formula is C12H17N3O3S. The summed E-state index contributed by atoms with van der Waals surface area (Å²) in [5.41, 5.74) is -0.165. The Labute approximate surface area is 113 Å². The molecule has 0 aromatic carbocycles. The molecule has 7 heteroatoms. The quantitative estimate of drug-likeness (QED) is 0.797. The first-order chi connectivity index (χ1) is 8.80. The van der Waals surface area contributed by atoms with Gasteiger partial charge in [0.1, 0.15) is 16.7 Å². The summed E-state index contributed by atoms with van der Waals surface area (Å²) >= 11 is 0. The summed E-state index contributed by atoms with van der Waals surface area (Å²) < 4.78 is 26.4. The smallest absolute Gasteiger partial charge is 0.242 e. The summed E-state index contributed by atoms with van der Waals surface area (Å²) in [4.78, 5) is 3.74. The topological polar surface area (TPSA) is 103 Å². The van der Waals surface area contributed by atoms with E-state index in [-0.39, 0.29) is 29.2 Å². The number of aliphatic hydroxyl groups excluding tert-OH is 1. The fourth-order valence-corrected chi connectivity index (χ4v) is 2.56. The second-order valence-electron chi connectivity index (χ2n) is 4.95. The Kier molecular flexibility index (Phi) is 5.00. The molecular weight excluding hydrogens is 266 g/mol. The van der Waals surface area contributed by atoms with Crippen LogP contribution in [0.5, 0.6) is 0 Å². The highest BCUT2D eigenvalue weighted by Crippen LogP contribution is 2.19. The zero-order chi connectivity index (χ0) is 14.5. The van der Waals surface area contributed by atoms with E-state index in [2.05, 4.69) is 9.71 Å². The minimum Gasteiger partial charge on any atom is -0.396 e. The molecule has 19 heavy (non-hydrogen) atoms. The zero-order valence-corrected chi connectivity index (χ0v) is 11.7. The highest BCUT2D eigenvalue weighted by Gasteiger charge is 2.22. The maximum absolute atomic E-state index is 12.0. The predicted molar refractivity (Wildman–Crippen MR) is 69.6 cm³/mol. The average molecular weight is 283 g/mol. The van der Waals surface area contributed by atoms with Crippen LogP contribution < -0.4 is 4.72 Å². The molecule has 0 aliphatic carbocycles. The Morgan fingerprint density at radius 2 is 2.16 bits per heavy atom. The lowest BCUT2D eigenvalue weighted by atomic mass is 9.90. The Bertz CT molecular complexity index is 559. The molecule has 0 radical (unpaired) electrons. The lowest BCUT2D eigenvalue weighted by molar-refractivity contribution is 0.213. The molecule has 0 spiro atoms. The number of sulfonamides is 1. The lowest BCUT2D eigenvalue weighted by Crippen LogP contribution is -2.34. The molecule has 0 atom stereocenters. The Morgan fingerprint density at radius 1 is 1.47 bits per heavy atom. The van der Waals surface area contributed by atoms with Crippen LogP contribution in [0.15, 0.2) is 23.2 Å². The van der Waals surface area contributed by atoms with E-state index in [0.717, 1.165) is 6.20 Å². The molecule has 0 bridgehead atoms. The number of nitrogens with one attached hydrogen (secondary N) is 1. The van der Waals surface area contributed by atoms with Gasteiger partial charge in [0.05, 0.1) is 0 Å². The van der Waals surface area contributed by atoms with Gasteiger partial charge >= 0.3 is 0 Å². The maximum atomic E-state index is 12.0.